The van der Waals surface area contributed by atoms with Crippen molar-refractivity contribution >= 4 is 5.91 Å². The number of carbonyl (C=O) groups is 1. The minimum absolute atomic E-state index is 0.00268. The molecule has 23 heavy (non-hydrogen) atoms. The fourth-order valence-electron chi connectivity index (χ4n) is 2.37. The molecule has 1 amide bonds. The molecule has 3 aromatic rings. The Bertz CT molecular complexity index is 769. The van der Waals surface area contributed by atoms with Gasteiger partial charge in [-0.25, -0.2) is 4.68 Å². The Kier molecular flexibility index (Phi) is 4.14. The molecule has 6 nitrogen and oxygen atoms in total. The first-order valence-corrected chi connectivity index (χ1v) is 7.32. The van der Waals surface area contributed by atoms with Gasteiger partial charge in [0.25, 0.3) is 5.91 Å². The maximum Gasteiger partial charge on any atom is 0.254 e. The average molecular weight is 307 g/mol. The van der Waals surface area contributed by atoms with E-state index in [9.17, 15) is 4.79 Å². The molecular formula is C17H17N5O. The fraction of sp³-hybridized carbons (Fsp3) is 0.176. The summed E-state index contributed by atoms with van der Waals surface area (Å²) < 4.78 is 1.55. The Labute approximate surface area is 134 Å². The Morgan fingerprint density at radius 2 is 1.78 bits per heavy atom. The number of hydrogen-bond acceptors (Lipinski definition) is 4. The van der Waals surface area contributed by atoms with Gasteiger partial charge >= 0.3 is 0 Å². The Hall–Kier alpha value is -3.02. The number of tetrazole rings is 1. The van der Waals surface area contributed by atoms with E-state index in [0.29, 0.717) is 5.56 Å². The summed E-state index contributed by atoms with van der Waals surface area (Å²) in [6, 6.07) is 17.2. The maximum absolute atomic E-state index is 12.6. The van der Waals surface area contributed by atoms with Crippen molar-refractivity contribution in [1.29, 1.82) is 0 Å². The molecule has 6 heteroatoms. The molecule has 0 radical (unpaired) electrons. The van der Waals surface area contributed by atoms with Crippen molar-refractivity contribution in [3.63, 3.8) is 0 Å². The monoisotopic (exact) mass is 307 g/mol. The van der Waals surface area contributed by atoms with E-state index in [1.165, 1.54) is 6.33 Å². The van der Waals surface area contributed by atoms with Crippen LogP contribution in [0.2, 0.25) is 0 Å². The van der Waals surface area contributed by atoms with Gasteiger partial charge in [-0.3, -0.25) is 4.79 Å². The van der Waals surface area contributed by atoms with E-state index in [1.807, 2.05) is 56.4 Å². The third-order valence-corrected chi connectivity index (χ3v) is 3.91. The maximum atomic E-state index is 12.6. The van der Waals surface area contributed by atoms with Gasteiger partial charge in [0.1, 0.15) is 6.33 Å². The molecule has 0 aliphatic heterocycles. The van der Waals surface area contributed by atoms with E-state index in [4.69, 9.17) is 0 Å². The second-order valence-corrected chi connectivity index (χ2v) is 5.30. The molecular weight excluding hydrogens is 290 g/mol. The second kappa shape index (κ2) is 6.39. The molecule has 0 saturated carbocycles. The van der Waals surface area contributed by atoms with Crippen LogP contribution in [0.25, 0.3) is 5.69 Å². The van der Waals surface area contributed by atoms with Gasteiger partial charge in [-0.15, -0.1) is 5.10 Å². The molecule has 0 unspecified atom stereocenters. The predicted molar refractivity (Wildman–Crippen MR) is 86.1 cm³/mol. The highest BCUT2D eigenvalue weighted by Gasteiger charge is 2.18. The van der Waals surface area contributed by atoms with Crippen LogP contribution in [0.1, 0.15) is 28.9 Å². The molecule has 1 aromatic heterocycles. The standard InChI is InChI=1S/C17H17N5O/c1-13(14-6-4-3-5-7-14)21(2)17(23)15-8-10-16(11-9-15)22-12-18-19-20-22/h3-13H,1-2H3/t13-/m1/s1. The zero-order chi connectivity index (χ0) is 16.2. The lowest BCUT2D eigenvalue weighted by Crippen LogP contribution is -2.29. The largest absolute Gasteiger partial charge is 0.335 e. The summed E-state index contributed by atoms with van der Waals surface area (Å²) in [5.41, 5.74) is 2.55. The quantitative estimate of drug-likeness (QED) is 0.743. The number of hydrogen-bond donors (Lipinski definition) is 0. The first-order chi connectivity index (χ1) is 11.2. The van der Waals surface area contributed by atoms with Crippen molar-refractivity contribution in [3.8, 4) is 5.69 Å². The molecule has 0 spiro atoms. The van der Waals surface area contributed by atoms with Crippen molar-refractivity contribution in [2.24, 2.45) is 0 Å². The minimum atomic E-state index is -0.0235. The number of benzene rings is 2. The Balaban J connectivity index is 1.77. The third kappa shape index (κ3) is 3.11. The molecule has 0 N–H and O–H groups in total. The summed E-state index contributed by atoms with van der Waals surface area (Å²) in [4.78, 5) is 14.4. The van der Waals surface area contributed by atoms with Crippen LogP contribution in [0.15, 0.2) is 60.9 Å². The molecule has 0 aliphatic carbocycles. The van der Waals surface area contributed by atoms with Gasteiger partial charge in [-0.1, -0.05) is 30.3 Å². The highest BCUT2D eigenvalue weighted by molar-refractivity contribution is 5.94. The van der Waals surface area contributed by atoms with E-state index in [0.717, 1.165) is 11.3 Å². The van der Waals surface area contributed by atoms with Crippen LogP contribution in [0.4, 0.5) is 0 Å². The van der Waals surface area contributed by atoms with Crippen LogP contribution in [0.5, 0.6) is 0 Å². The second-order valence-electron chi connectivity index (χ2n) is 5.30. The lowest BCUT2D eigenvalue weighted by molar-refractivity contribution is 0.0742. The molecule has 2 aromatic carbocycles. The van der Waals surface area contributed by atoms with E-state index in [1.54, 1.807) is 21.7 Å². The van der Waals surface area contributed by atoms with Crippen molar-refractivity contribution in [2.45, 2.75) is 13.0 Å². The summed E-state index contributed by atoms with van der Waals surface area (Å²) in [5, 5.41) is 11.0. The van der Waals surface area contributed by atoms with E-state index in [2.05, 4.69) is 15.5 Å². The molecule has 1 heterocycles. The van der Waals surface area contributed by atoms with Gasteiger partial charge in [-0.2, -0.15) is 0 Å². The van der Waals surface area contributed by atoms with Crippen LogP contribution < -0.4 is 0 Å². The first kappa shape index (κ1) is 14.9. The number of carbonyl (C=O) groups excluding carboxylic acids is 1. The van der Waals surface area contributed by atoms with Crippen LogP contribution in [0, 0.1) is 0 Å². The Morgan fingerprint density at radius 3 is 2.39 bits per heavy atom. The van der Waals surface area contributed by atoms with Crippen LogP contribution >= 0.6 is 0 Å². The summed E-state index contributed by atoms with van der Waals surface area (Å²) >= 11 is 0. The molecule has 0 saturated heterocycles. The van der Waals surface area contributed by atoms with Gasteiger partial charge in [0.15, 0.2) is 0 Å². The lowest BCUT2D eigenvalue weighted by atomic mass is 10.1. The normalized spacial score (nSPS) is 11.9. The van der Waals surface area contributed by atoms with E-state index < -0.39 is 0 Å². The third-order valence-electron chi connectivity index (χ3n) is 3.91. The van der Waals surface area contributed by atoms with Gasteiger partial charge in [0.05, 0.1) is 11.7 Å². The minimum Gasteiger partial charge on any atom is -0.335 e. The predicted octanol–water partition coefficient (Wildman–Crippen LogP) is 2.50. The van der Waals surface area contributed by atoms with Crippen LogP contribution in [-0.2, 0) is 0 Å². The summed E-state index contributed by atoms with van der Waals surface area (Å²) in [6.45, 7) is 2.02. The van der Waals surface area contributed by atoms with Gasteiger partial charge < -0.3 is 4.90 Å². The zero-order valence-electron chi connectivity index (χ0n) is 13.0. The van der Waals surface area contributed by atoms with Crippen molar-refractivity contribution in [2.75, 3.05) is 7.05 Å². The number of rotatable bonds is 4. The molecule has 0 fully saturated rings. The van der Waals surface area contributed by atoms with Crippen molar-refractivity contribution < 1.29 is 4.79 Å². The lowest BCUT2D eigenvalue weighted by Gasteiger charge is -2.25. The number of amides is 1. The number of aromatic nitrogens is 4. The summed E-state index contributed by atoms with van der Waals surface area (Å²) in [7, 11) is 1.81. The molecule has 3 rings (SSSR count). The van der Waals surface area contributed by atoms with Crippen molar-refractivity contribution in [1.82, 2.24) is 25.1 Å². The van der Waals surface area contributed by atoms with E-state index in [-0.39, 0.29) is 11.9 Å². The smallest absolute Gasteiger partial charge is 0.254 e. The zero-order valence-corrected chi connectivity index (χ0v) is 13.0. The van der Waals surface area contributed by atoms with Crippen molar-refractivity contribution in [3.05, 3.63) is 72.1 Å². The highest BCUT2D eigenvalue weighted by Crippen LogP contribution is 2.20. The van der Waals surface area contributed by atoms with Crippen LogP contribution in [-0.4, -0.2) is 38.1 Å². The summed E-state index contributed by atoms with van der Waals surface area (Å²) in [5.74, 6) is -0.0235. The van der Waals surface area contributed by atoms with Gasteiger partial charge in [0.2, 0.25) is 0 Å². The molecule has 0 aliphatic rings. The van der Waals surface area contributed by atoms with Gasteiger partial charge in [-0.05, 0) is 47.2 Å². The van der Waals surface area contributed by atoms with Crippen LogP contribution in [0.3, 0.4) is 0 Å². The molecule has 1 atom stereocenters. The fourth-order valence-corrected chi connectivity index (χ4v) is 2.37. The first-order valence-electron chi connectivity index (χ1n) is 7.32. The number of nitrogens with zero attached hydrogens (tertiary/aromatic N) is 5. The topological polar surface area (TPSA) is 63.9 Å². The highest BCUT2D eigenvalue weighted by atomic mass is 16.2. The molecule has 116 valence electrons. The van der Waals surface area contributed by atoms with E-state index >= 15 is 0 Å². The summed E-state index contributed by atoms with van der Waals surface area (Å²) in [6.07, 6.45) is 1.51. The van der Waals surface area contributed by atoms with Gasteiger partial charge in [0, 0.05) is 12.6 Å². The molecule has 0 bridgehead atoms. The Morgan fingerprint density at radius 1 is 1.09 bits per heavy atom. The SMILES string of the molecule is C[C@H](c1ccccc1)N(C)C(=O)c1ccc(-n2cnnn2)cc1. The average Bonchev–Trinajstić information content (AvgIpc) is 3.15.